The van der Waals surface area contributed by atoms with Crippen LogP contribution in [0.4, 0.5) is 0 Å². The lowest BCUT2D eigenvalue weighted by molar-refractivity contribution is 0.409. The monoisotopic (exact) mass is 193 g/mol. The number of ether oxygens (including phenoxy) is 1. The maximum absolute atomic E-state index is 9.56. The van der Waals surface area contributed by atoms with E-state index in [2.05, 4.69) is 6.58 Å². The number of benzene rings is 1. The normalized spacial score (nSPS) is 12.1. The minimum absolute atomic E-state index is 0.195. The summed E-state index contributed by atoms with van der Waals surface area (Å²) in [6.07, 6.45) is 2.35. The fourth-order valence-electron chi connectivity index (χ4n) is 1.26. The highest BCUT2D eigenvalue weighted by Crippen LogP contribution is 2.28. The van der Waals surface area contributed by atoms with Crippen molar-refractivity contribution in [3.05, 3.63) is 36.4 Å². The number of rotatable bonds is 4. The van der Waals surface area contributed by atoms with E-state index in [1.165, 1.54) is 0 Å². The third kappa shape index (κ3) is 2.26. The summed E-state index contributed by atoms with van der Waals surface area (Å²) in [6.45, 7) is 3.61. The molecule has 14 heavy (non-hydrogen) atoms. The second-order valence-corrected chi connectivity index (χ2v) is 3.06. The summed E-state index contributed by atoms with van der Waals surface area (Å²) in [6, 6.07) is 4.78. The zero-order valence-corrected chi connectivity index (χ0v) is 8.23. The van der Waals surface area contributed by atoms with Gasteiger partial charge in [0.05, 0.1) is 7.11 Å². The largest absolute Gasteiger partial charge is 0.508 e. The Morgan fingerprint density at radius 3 is 2.93 bits per heavy atom. The maximum Gasteiger partial charge on any atom is 0.120 e. The van der Waals surface area contributed by atoms with Crippen LogP contribution in [0.25, 0.3) is 0 Å². The molecule has 0 heterocycles. The van der Waals surface area contributed by atoms with Crippen LogP contribution in [0.5, 0.6) is 11.5 Å². The molecule has 0 aliphatic carbocycles. The quantitative estimate of drug-likeness (QED) is 0.719. The summed E-state index contributed by atoms with van der Waals surface area (Å²) in [5.41, 5.74) is 6.53. The Kier molecular flexibility index (Phi) is 3.54. The highest BCUT2D eigenvalue weighted by molar-refractivity contribution is 5.41. The molecule has 0 bridgehead atoms. The van der Waals surface area contributed by atoms with Crippen molar-refractivity contribution in [2.24, 2.45) is 5.73 Å². The molecular weight excluding hydrogens is 178 g/mol. The number of nitrogens with two attached hydrogens (primary N) is 1. The number of methoxy groups -OCH3 is 1. The molecule has 0 aromatic heterocycles. The number of phenols is 1. The van der Waals surface area contributed by atoms with Gasteiger partial charge in [-0.3, -0.25) is 0 Å². The van der Waals surface area contributed by atoms with Gasteiger partial charge in [0.25, 0.3) is 0 Å². The molecule has 3 N–H and O–H groups in total. The van der Waals surface area contributed by atoms with E-state index >= 15 is 0 Å². The fraction of sp³-hybridized carbons (Fsp3) is 0.273. The molecule has 0 fully saturated rings. The van der Waals surface area contributed by atoms with Crippen LogP contribution in [0.3, 0.4) is 0 Å². The molecule has 1 aromatic rings. The molecule has 3 nitrogen and oxygen atoms in total. The third-order valence-electron chi connectivity index (χ3n) is 2.05. The van der Waals surface area contributed by atoms with Crippen molar-refractivity contribution < 1.29 is 9.84 Å². The Bertz CT molecular complexity index is 323. The van der Waals surface area contributed by atoms with Gasteiger partial charge in [0.15, 0.2) is 0 Å². The molecule has 76 valence electrons. The molecule has 1 atom stereocenters. The first-order valence-electron chi connectivity index (χ1n) is 4.42. The maximum atomic E-state index is 9.56. The first kappa shape index (κ1) is 10.6. The van der Waals surface area contributed by atoms with Crippen LogP contribution in [0, 0.1) is 0 Å². The van der Waals surface area contributed by atoms with Crippen LogP contribution in [0.15, 0.2) is 30.9 Å². The molecule has 0 saturated heterocycles. The van der Waals surface area contributed by atoms with E-state index in [4.69, 9.17) is 10.5 Å². The summed E-state index contributed by atoms with van der Waals surface area (Å²) in [5, 5.41) is 9.56. The zero-order chi connectivity index (χ0) is 10.6. The molecule has 1 unspecified atom stereocenters. The van der Waals surface area contributed by atoms with Gasteiger partial charge in [-0.2, -0.15) is 0 Å². The van der Waals surface area contributed by atoms with E-state index in [9.17, 15) is 5.11 Å². The van der Waals surface area contributed by atoms with Crippen LogP contribution in [-0.2, 0) is 0 Å². The highest BCUT2D eigenvalue weighted by atomic mass is 16.5. The minimum atomic E-state index is -0.234. The Balaban J connectivity index is 2.98. The molecule has 0 aliphatic rings. The summed E-state index contributed by atoms with van der Waals surface area (Å²) in [7, 11) is 1.58. The van der Waals surface area contributed by atoms with Crippen LogP contribution < -0.4 is 10.5 Å². The lowest BCUT2D eigenvalue weighted by Crippen LogP contribution is -2.09. The van der Waals surface area contributed by atoms with Crippen molar-refractivity contribution in [3.8, 4) is 11.5 Å². The van der Waals surface area contributed by atoms with Crippen LogP contribution in [0.1, 0.15) is 18.0 Å². The van der Waals surface area contributed by atoms with Crippen molar-refractivity contribution in [2.75, 3.05) is 7.11 Å². The molecule has 0 saturated carbocycles. The minimum Gasteiger partial charge on any atom is -0.508 e. The standard InChI is InChI=1S/C11H15NO2/c1-3-4-10(12)9-7-8(14-2)5-6-11(9)13/h3,5-7,10,13H,1,4,12H2,2H3. The van der Waals surface area contributed by atoms with Gasteiger partial charge in [0, 0.05) is 11.6 Å². The third-order valence-corrected chi connectivity index (χ3v) is 2.05. The average Bonchev–Trinajstić information content (AvgIpc) is 2.19. The molecule has 1 rings (SSSR count). The van der Waals surface area contributed by atoms with Crippen LogP contribution in [0.2, 0.25) is 0 Å². The van der Waals surface area contributed by atoms with E-state index in [-0.39, 0.29) is 11.8 Å². The summed E-state index contributed by atoms with van der Waals surface area (Å²) in [5.74, 6) is 0.887. The van der Waals surface area contributed by atoms with Crippen molar-refractivity contribution in [3.63, 3.8) is 0 Å². The Labute approximate surface area is 83.8 Å². The molecule has 0 aliphatic heterocycles. The van der Waals surface area contributed by atoms with Gasteiger partial charge >= 0.3 is 0 Å². The van der Waals surface area contributed by atoms with Gasteiger partial charge in [-0.05, 0) is 24.6 Å². The second kappa shape index (κ2) is 4.67. The van der Waals surface area contributed by atoms with E-state index in [0.29, 0.717) is 17.7 Å². The Morgan fingerprint density at radius 2 is 2.36 bits per heavy atom. The van der Waals surface area contributed by atoms with Gasteiger partial charge in [-0.15, -0.1) is 6.58 Å². The molecular formula is C11H15NO2. The van der Waals surface area contributed by atoms with E-state index in [0.717, 1.165) is 0 Å². The smallest absolute Gasteiger partial charge is 0.120 e. The Hall–Kier alpha value is -1.48. The first-order valence-corrected chi connectivity index (χ1v) is 4.42. The number of phenolic OH excluding ortho intramolecular Hbond substituents is 1. The van der Waals surface area contributed by atoms with Crippen molar-refractivity contribution in [1.29, 1.82) is 0 Å². The number of aromatic hydroxyl groups is 1. The van der Waals surface area contributed by atoms with Crippen LogP contribution >= 0.6 is 0 Å². The number of hydrogen-bond acceptors (Lipinski definition) is 3. The molecule has 0 radical (unpaired) electrons. The van der Waals surface area contributed by atoms with E-state index in [1.54, 1.807) is 31.4 Å². The van der Waals surface area contributed by atoms with Gasteiger partial charge in [0.2, 0.25) is 0 Å². The van der Waals surface area contributed by atoms with Gasteiger partial charge < -0.3 is 15.6 Å². The molecule has 0 spiro atoms. The topological polar surface area (TPSA) is 55.5 Å². The predicted octanol–water partition coefficient (Wildman–Crippen LogP) is 1.98. The van der Waals surface area contributed by atoms with Crippen molar-refractivity contribution >= 4 is 0 Å². The van der Waals surface area contributed by atoms with E-state index in [1.807, 2.05) is 0 Å². The number of hydrogen-bond donors (Lipinski definition) is 2. The first-order chi connectivity index (χ1) is 6.69. The lowest BCUT2D eigenvalue weighted by Gasteiger charge is -2.12. The SMILES string of the molecule is C=CCC(N)c1cc(OC)ccc1O. The van der Waals surface area contributed by atoms with Crippen molar-refractivity contribution in [1.82, 2.24) is 0 Å². The second-order valence-electron chi connectivity index (χ2n) is 3.06. The van der Waals surface area contributed by atoms with Gasteiger partial charge in [-0.1, -0.05) is 6.08 Å². The van der Waals surface area contributed by atoms with Gasteiger partial charge in [-0.25, -0.2) is 0 Å². The average molecular weight is 193 g/mol. The predicted molar refractivity (Wildman–Crippen MR) is 56.4 cm³/mol. The van der Waals surface area contributed by atoms with Crippen LogP contribution in [-0.4, -0.2) is 12.2 Å². The Morgan fingerprint density at radius 1 is 1.64 bits per heavy atom. The summed E-state index contributed by atoms with van der Waals surface area (Å²) >= 11 is 0. The summed E-state index contributed by atoms with van der Waals surface area (Å²) < 4.78 is 5.05. The van der Waals surface area contributed by atoms with Gasteiger partial charge in [0.1, 0.15) is 11.5 Å². The lowest BCUT2D eigenvalue weighted by atomic mass is 10.0. The fourth-order valence-corrected chi connectivity index (χ4v) is 1.26. The molecule has 3 heteroatoms. The molecule has 1 aromatic carbocycles. The van der Waals surface area contributed by atoms with Crippen molar-refractivity contribution in [2.45, 2.75) is 12.5 Å². The van der Waals surface area contributed by atoms with E-state index < -0.39 is 0 Å². The highest BCUT2D eigenvalue weighted by Gasteiger charge is 2.10. The summed E-state index contributed by atoms with van der Waals surface area (Å²) in [4.78, 5) is 0. The zero-order valence-electron chi connectivity index (χ0n) is 8.23. The molecule has 0 amide bonds.